The second-order valence-electron chi connectivity index (χ2n) is 6.35. The molecule has 1 saturated heterocycles. The fourth-order valence-corrected chi connectivity index (χ4v) is 2.99. The summed E-state index contributed by atoms with van der Waals surface area (Å²) in [5.41, 5.74) is 0.582. The molecule has 0 unspecified atom stereocenters. The predicted molar refractivity (Wildman–Crippen MR) is 86.2 cm³/mol. The lowest BCUT2D eigenvalue weighted by Gasteiger charge is -2.32. The molecule has 3 N–H and O–H groups in total. The molecule has 6 heteroatoms. The maximum atomic E-state index is 12.6. The van der Waals surface area contributed by atoms with Gasteiger partial charge in [-0.25, -0.2) is 0 Å². The number of aliphatic hydroxyl groups is 1. The van der Waals surface area contributed by atoms with Gasteiger partial charge in [-0.05, 0) is 50.6 Å². The van der Waals surface area contributed by atoms with E-state index in [0.29, 0.717) is 43.1 Å². The maximum absolute atomic E-state index is 12.6. The molecule has 0 saturated carbocycles. The number of amides is 1. The lowest BCUT2D eigenvalue weighted by Crippen LogP contribution is -2.49. The number of ether oxygens (including phenoxy) is 2. The van der Waals surface area contributed by atoms with Crippen LogP contribution in [0.25, 0.3) is 0 Å². The van der Waals surface area contributed by atoms with Crippen LogP contribution in [0.2, 0.25) is 0 Å². The first-order valence-electron chi connectivity index (χ1n) is 8.19. The fraction of sp³-hybridized carbons (Fsp3) is 0.588. The van der Waals surface area contributed by atoms with Crippen molar-refractivity contribution in [2.75, 3.05) is 32.8 Å². The van der Waals surface area contributed by atoms with Crippen LogP contribution < -0.4 is 20.1 Å². The molecule has 0 aromatic heterocycles. The van der Waals surface area contributed by atoms with Crippen LogP contribution in [0.1, 0.15) is 35.2 Å². The van der Waals surface area contributed by atoms with Crippen molar-refractivity contribution in [1.82, 2.24) is 10.6 Å². The third kappa shape index (κ3) is 3.76. The molecule has 23 heavy (non-hydrogen) atoms. The Kier molecular flexibility index (Phi) is 4.73. The van der Waals surface area contributed by atoms with Gasteiger partial charge in [0.2, 0.25) is 0 Å². The van der Waals surface area contributed by atoms with Crippen LogP contribution in [0.5, 0.6) is 11.5 Å². The van der Waals surface area contributed by atoms with Gasteiger partial charge < -0.3 is 25.2 Å². The van der Waals surface area contributed by atoms with E-state index in [2.05, 4.69) is 10.6 Å². The van der Waals surface area contributed by atoms with Gasteiger partial charge in [0.15, 0.2) is 11.5 Å². The van der Waals surface area contributed by atoms with Gasteiger partial charge in [-0.15, -0.1) is 0 Å². The minimum atomic E-state index is -0.834. The highest BCUT2D eigenvalue weighted by molar-refractivity contribution is 5.98. The van der Waals surface area contributed by atoms with Gasteiger partial charge in [0.05, 0.1) is 24.4 Å². The number of nitrogens with one attached hydrogen (secondary N) is 2. The second-order valence-corrected chi connectivity index (χ2v) is 6.35. The van der Waals surface area contributed by atoms with Crippen molar-refractivity contribution in [3.8, 4) is 11.5 Å². The van der Waals surface area contributed by atoms with Crippen LogP contribution in [0.3, 0.4) is 0 Å². The smallest absolute Gasteiger partial charge is 0.255 e. The Balaban J connectivity index is 1.75. The van der Waals surface area contributed by atoms with Crippen molar-refractivity contribution in [2.45, 2.75) is 31.8 Å². The van der Waals surface area contributed by atoms with Crippen LogP contribution >= 0.6 is 0 Å². The number of rotatable bonds is 3. The summed E-state index contributed by atoms with van der Waals surface area (Å²) in [5.74, 6) is 0.888. The molecule has 3 rings (SSSR count). The number of fused-ring (bicyclic) bond motifs is 1. The van der Waals surface area contributed by atoms with E-state index in [1.54, 1.807) is 6.07 Å². The lowest BCUT2D eigenvalue weighted by molar-refractivity contribution is 0.0112. The number of carbonyl (C=O) groups is 1. The Hall–Kier alpha value is -1.79. The molecule has 0 aliphatic carbocycles. The number of aryl methyl sites for hydroxylation is 1. The minimum Gasteiger partial charge on any atom is -0.490 e. The molecule has 126 valence electrons. The molecule has 2 aliphatic rings. The zero-order chi connectivity index (χ0) is 16.3. The summed E-state index contributed by atoms with van der Waals surface area (Å²) < 4.78 is 11.4. The summed E-state index contributed by atoms with van der Waals surface area (Å²) in [6.45, 7) is 4.82. The van der Waals surface area contributed by atoms with Crippen molar-refractivity contribution in [3.63, 3.8) is 0 Å². The molecule has 0 bridgehead atoms. The van der Waals surface area contributed by atoms with Crippen LogP contribution in [0, 0.1) is 6.92 Å². The third-order valence-corrected chi connectivity index (χ3v) is 4.35. The predicted octanol–water partition coefficient (Wildman–Crippen LogP) is 1.00. The summed E-state index contributed by atoms with van der Waals surface area (Å²) >= 11 is 0. The highest BCUT2D eigenvalue weighted by Crippen LogP contribution is 2.34. The van der Waals surface area contributed by atoms with Crippen LogP contribution in [0.4, 0.5) is 0 Å². The Morgan fingerprint density at radius 3 is 2.83 bits per heavy atom. The Labute approximate surface area is 136 Å². The number of piperidine rings is 1. The van der Waals surface area contributed by atoms with Crippen molar-refractivity contribution in [3.05, 3.63) is 23.3 Å². The highest BCUT2D eigenvalue weighted by atomic mass is 16.5. The first kappa shape index (κ1) is 16.1. The lowest BCUT2D eigenvalue weighted by atomic mass is 9.92. The average Bonchev–Trinajstić information content (AvgIpc) is 2.78. The SMILES string of the molecule is Cc1cc2c(c(C(=O)NCC3(O)CCNCC3)c1)OCCCO2. The van der Waals surface area contributed by atoms with Crippen LogP contribution in [0.15, 0.2) is 12.1 Å². The van der Waals surface area contributed by atoms with E-state index < -0.39 is 5.60 Å². The van der Waals surface area contributed by atoms with E-state index >= 15 is 0 Å². The topological polar surface area (TPSA) is 79.8 Å². The van der Waals surface area contributed by atoms with Gasteiger partial charge >= 0.3 is 0 Å². The van der Waals surface area contributed by atoms with E-state index in [0.717, 1.165) is 25.1 Å². The van der Waals surface area contributed by atoms with Crippen molar-refractivity contribution in [2.24, 2.45) is 0 Å². The summed E-state index contributed by atoms with van der Waals surface area (Å²) in [7, 11) is 0. The van der Waals surface area contributed by atoms with Crippen molar-refractivity contribution in [1.29, 1.82) is 0 Å². The van der Waals surface area contributed by atoms with Gasteiger partial charge in [-0.1, -0.05) is 0 Å². The molecule has 2 heterocycles. The van der Waals surface area contributed by atoms with Gasteiger partial charge in [-0.2, -0.15) is 0 Å². The van der Waals surface area contributed by atoms with Gasteiger partial charge in [-0.3, -0.25) is 4.79 Å². The summed E-state index contributed by atoms with van der Waals surface area (Å²) in [4.78, 5) is 12.6. The maximum Gasteiger partial charge on any atom is 0.255 e. The summed E-state index contributed by atoms with van der Waals surface area (Å²) in [6.07, 6.45) is 2.07. The van der Waals surface area contributed by atoms with Crippen LogP contribution in [-0.2, 0) is 0 Å². The first-order valence-corrected chi connectivity index (χ1v) is 8.19. The number of carbonyl (C=O) groups excluding carboxylic acids is 1. The molecule has 6 nitrogen and oxygen atoms in total. The van der Waals surface area contributed by atoms with Gasteiger partial charge in [0, 0.05) is 13.0 Å². The Morgan fingerprint density at radius 2 is 2.04 bits per heavy atom. The number of hydrogen-bond donors (Lipinski definition) is 3. The molecule has 1 aromatic rings. The fourth-order valence-electron chi connectivity index (χ4n) is 2.99. The zero-order valence-electron chi connectivity index (χ0n) is 13.5. The van der Waals surface area contributed by atoms with E-state index in [-0.39, 0.29) is 12.5 Å². The molecule has 1 fully saturated rings. The van der Waals surface area contributed by atoms with E-state index in [9.17, 15) is 9.90 Å². The minimum absolute atomic E-state index is 0.234. The molecular weight excluding hydrogens is 296 g/mol. The van der Waals surface area contributed by atoms with Gasteiger partial charge in [0.25, 0.3) is 5.91 Å². The zero-order valence-corrected chi connectivity index (χ0v) is 13.5. The number of benzene rings is 1. The Morgan fingerprint density at radius 1 is 1.30 bits per heavy atom. The standard InChI is InChI=1S/C17H24N2O4/c1-12-9-13(15-14(10-12)22-7-2-8-23-15)16(20)19-11-17(21)3-5-18-6-4-17/h9-10,18,21H,2-8,11H2,1H3,(H,19,20). The van der Waals surface area contributed by atoms with E-state index in [4.69, 9.17) is 9.47 Å². The number of hydrogen-bond acceptors (Lipinski definition) is 5. The van der Waals surface area contributed by atoms with E-state index in [1.807, 2.05) is 13.0 Å². The average molecular weight is 320 g/mol. The third-order valence-electron chi connectivity index (χ3n) is 4.35. The largest absolute Gasteiger partial charge is 0.490 e. The van der Waals surface area contributed by atoms with Crippen molar-refractivity contribution >= 4 is 5.91 Å². The normalized spacial score (nSPS) is 19.7. The molecule has 2 aliphatic heterocycles. The molecule has 1 amide bonds. The quantitative estimate of drug-likeness (QED) is 0.774. The summed E-state index contributed by atoms with van der Waals surface area (Å²) in [5, 5.41) is 16.6. The Bertz CT molecular complexity index is 582. The molecule has 0 radical (unpaired) electrons. The van der Waals surface area contributed by atoms with Gasteiger partial charge in [0.1, 0.15) is 0 Å². The molecule has 1 aromatic carbocycles. The highest BCUT2D eigenvalue weighted by Gasteiger charge is 2.30. The molecule has 0 spiro atoms. The van der Waals surface area contributed by atoms with E-state index in [1.165, 1.54) is 0 Å². The second kappa shape index (κ2) is 6.76. The monoisotopic (exact) mass is 320 g/mol. The van der Waals surface area contributed by atoms with Crippen LogP contribution in [-0.4, -0.2) is 49.5 Å². The first-order chi connectivity index (χ1) is 11.1. The molecule has 0 atom stereocenters. The molecular formula is C17H24N2O4. The van der Waals surface area contributed by atoms with Crippen molar-refractivity contribution < 1.29 is 19.4 Å². The summed E-state index contributed by atoms with van der Waals surface area (Å²) in [6, 6.07) is 3.69.